The molecule has 1 rings (SSSR count). The Morgan fingerprint density at radius 3 is 2.38 bits per heavy atom. The van der Waals surface area contributed by atoms with E-state index in [0.717, 1.165) is 6.42 Å². The predicted molar refractivity (Wildman–Crippen MR) is 71.4 cm³/mol. The second kappa shape index (κ2) is 4.28. The van der Waals surface area contributed by atoms with Crippen LogP contribution in [0.2, 0.25) is 0 Å². The predicted octanol–water partition coefficient (Wildman–Crippen LogP) is 3.21. The molecule has 1 unspecified atom stereocenters. The Labute approximate surface area is 103 Å². The number of amides is 1. The van der Waals surface area contributed by atoms with Crippen molar-refractivity contribution >= 4 is 17.7 Å². The molecule has 1 fully saturated rings. The van der Waals surface area contributed by atoms with Crippen LogP contribution in [0.25, 0.3) is 0 Å². The van der Waals surface area contributed by atoms with Crippen LogP contribution in [-0.2, 0) is 4.79 Å². The highest BCUT2D eigenvalue weighted by Gasteiger charge is 2.52. The molecule has 0 spiro atoms. The van der Waals surface area contributed by atoms with E-state index in [2.05, 4.69) is 40.9 Å². The normalized spacial score (nSPS) is 26.5. The van der Waals surface area contributed by atoms with Crippen LogP contribution in [0.5, 0.6) is 0 Å². The van der Waals surface area contributed by atoms with E-state index < -0.39 is 0 Å². The molecule has 1 saturated heterocycles. The molecule has 3 heteroatoms. The first-order chi connectivity index (χ1) is 7.26. The average molecular weight is 239 g/mol. The minimum Gasteiger partial charge on any atom is -0.320 e. The smallest absolute Gasteiger partial charge is 0.247 e. The quantitative estimate of drug-likeness (QED) is 0.557. The average Bonchev–Trinajstić information content (AvgIpc) is 2.31. The molecule has 1 aliphatic rings. The van der Waals surface area contributed by atoms with Crippen molar-refractivity contribution in [2.24, 2.45) is 0 Å². The number of carbonyl (C=O) groups is 1. The van der Waals surface area contributed by atoms with Crippen LogP contribution in [0.1, 0.15) is 34.1 Å². The fourth-order valence-electron chi connectivity index (χ4n) is 2.51. The molecule has 90 valence electrons. The zero-order valence-electron chi connectivity index (χ0n) is 10.6. The maximum Gasteiger partial charge on any atom is 0.247 e. The second-order valence-electron chi connectivity index (χ2n) is 5.10. The summed E-state index contributed by atoms with van der Waals surface area (Å²) in [5.41, 5.74) is 0. The maximum absolute atomic E-state index is 12.0. The van der Waals surface area contributed by atoms with Crippen LogP contribution in [0, 0.1) is 0 Å². The first-order valence-corrected chi connectivity index (χ1v) is 6.34. The molecule has 0 aromatic rings. The number of nitrogens with zero attached hydrogens (tertiary/aromatic N) is 1. The summed E-state index contributed by atoms with van der Waals surface area (Å²) < 4.78 is 0.0519. The van der Waals surface area contributed by atoms with Gasteiger partial charge in [0.25, 0.3) is 0 Å². The van der Waals surface area contributed by atoms with Crippen LogP contribution in [-0.4, -0.2) is 26.5 Å². The molecule has 0 aromatic heterocycles. The molecule has 0 aliphatic carbocycles. The summed E-state index contributed by atoms with van der Waals surface area (Å²) in [4.78, 5) is 13.7. The Bertz CT molecular complexity index is 320. The second-order valence-corrected chi connectivity index (χ2v) is 7.36. The summed E-state index contributed by atoms with van der Waals surface area (Å²) in [6.45, 7) is 15.9. The molecule has 2 nitrogen and oxygen atoms in total. The van der Waals surface area contributed by atoms with Gasteiger partial charge in [-0.25, -0.2) is 0 Å². The number of rotatable bonds is 3. The van der Waals surface area contributed by atoms with Gasteiger partial charge in [-0.3, -0.25) is 4.79 Å². The lowest BCUT2D eigenvalue weighted by molar-refractivity contribution is -0.130. The molecular formula is C13H21NOS. The van der Waals surface area contributed by atoms with Gasteiger partial charge in [-0.1, -0.05) is 12.7 Å². The summed E-state index contributed by atoms with van der Waals surface area (Å²) in [6.07, 6.45) is 4.11. The van der Waals surface area contributed by atoms with Crippen molar-refractivity contribution in [3.05, 3.63) is 25.3 Å². The Kier molecular flexibility index (Phi) is 3.58. The Hall–Kier alpha value is -0.700. The monoisotopic (exact) mass is 239 g/mol. The Morgan fingerprint density at radius 2 is 1.94 bits per heavy atom. The summed E-state index contributed by atoms with van der Waals surface area (Å²) >= 11 is 1.83. The van der Waals surface area contributed by atoms with Gasteiger partial charge < -0.3 is 4.90 Å². The zero-order chi connectivity index (χ0) is 12.6. The molecule has 0 radical (unpaired) electrons. The van der Waals surface area contributed by atoms with Gasteiger partial charge in [0.15, 0.2) is 0 Å². The van der Waals surface area contributed by atoms with Gasteiger partial charge in [0.05, 0.1) is 10.9 Å². The molecule has 0 N–H and O–H groups in total. The van der Waals surface area contributed by atoms with Gasteiger partial charge in [-0.2, -0.15) is 0 Å². The molecule has 1 amide bonds. The Morgan fingerprint density at radius 1 is 1.38 bits per heavy atom. The molecule has 0 bridgehead atoms. The van der Waals surface area contributed by atoms with Gasteiger partial charge >= 0.3 is 0 Å². The number of hydrogen-bond donors (Lipinski definition) is 0. The molecule has 1 atom stereocenters. The summed E-state index contributed by atoms with van der Waals surface area (Å²) in [5, 5.41) is 0. The number of hydrogen-bond acceptors (Lipinski definition) is 2. The van der Waals surface area contributed by atoms with Crippen molar-refractivity contribution < 1.29 is 4.79 Å². The third-order valence-corrected chi connectivity index (χ3v) is 4.50. The lowest BCUT2D eigenvalue weighted by Crippen LogP contribution is -2.48. The highest BCUT2D eigenvalue weighted by atomic mass is 32.2. The largest absolute Gasteiger partial charge is 0.320 e. The topological polar surface area (TPSA) is 20.3 Å². The van der Waals surface area contributed by atoms with Crippen molar-refractivity contribution in [2.75, 3.05) is 0 Å². The number of thioether (sulfide) groups is 1. The minimum atomic E-state index is -0.178. The van der Waals surface area contributed by atoms with Crippen molar-refractivity contribution in [3.63, 3.8) is 0 Å². The molecular weight excluding hydrogens is 218 g/mol. The standard InChI is InChI=1S/C13H21NOS/c1-7-9-10-12(3,4)16-13(5,6)14(10)11(15)8-2/h7-8,10H,1-2,9H2,3-6H3. The van der Waals surface area contributed by atoms with Crippen molar-refractivity contribution in [2.45, 2.75) is 49.8 Å². The van der Waals surface area contributed by atoms with E-state index in [0.29, 0.717) is 0 Å². The van der Waals surface area contributed by atoms with Gasteiger partial charge in [-0.15, -0.1) is 18.3 Å². The third-order valence-electron chi connectivity index (χ3n) is 3.01. The van der Waals surface area contributed by atoms with Gasteiger partial charge in [-0.05, 0) is 40.2 Å². The van der Waals surface area contributed by atoms with E-state index in [1.54, 1.807) is 0 Å². The van der Waals surface area contributed by atoms with E-state index in [9.17, 15) is 4.79 Å². The van der Waals surface area contributed by atoms with Crippen LogP contribution in [0.15, 0.2) is 25.3 Å². The highest BCUT2D eigenvalue weighted by molar-refractivity contribution is 8.02. The SMILES string of the molecule is C=CCC1N(C(=O)C=C)C(C)(C)SC1(C)C. The molecule has 1 heterocycles. The summed E-state index contributed by atoms with van der Waals surface area (Å²) in [6, 6.07) is 0.190. The molecule has 16 heavy (non-hydrogen) atoms. The molecule has 1 aliphatic heterocycles. The molecule has 0 aromatic carbocycles. The van der Waals surface area contributed by atoms with Crippen molar-refractivity contribution in [1.82, 2.24) is 4.90 Å². The zero-order valence-corrected chi connectivity index (χ0v) is 11.4. The van der Waals surface area contributed by atoms with Gasteiger partial charge in [0.2, 0.25) is 5.91 Å². The van der Waals surface area contributed by atoms with Crippen LogP contribution < -0.4 is 0 Å². The van der Waals surface area contributed by atoms with Crippen LogP contribution >= 0.6 is 11.8 Å². The molecule has 0 saturated carbocycles. The van der Waals surface area contributed by atoms with Crippen molar-refractivity contribution in [3.8, 4) is 0 Å². The summed E-state index contributed by atoms with van der Waals surface area (Å²) in [7, 11) is 0. The first kappa shape index (κ1) is 13.4. The maximum atomic E-state index is 12.0. The van der Waals surface area contributed by atoms with Gasteiger partial charge in [0, 0.05) is 4.75 Å². The van der Waals surface area contributed by atoms with Gasteiger partial charge in [0.1, 0.15) is 0 Å². The highest BCUT2D eigenvalue weighted by Crippen LogP contribution is 2.51. The van der Waals surface area contributed by atoms with E-state index in [1.165, 1.54) is 6.08 Å². The van der Waals surface area contributed by atoms with E-state index in [-0.39, 0.29) is 21.6 Å². The number of carbonyl (C=O) groups excluding carboxylic acids is 1. The third kappa shape index (κ3) is 2.19. The lowest BCUT2D eigenvalue weighted by Gasteiger charge is -2.34. The first-order valence-electron chi connectivity index (χ1n) is 5.53. The van der Waals surface area contributed by atoms with Crippen LogP contribution in [0.3, 0.4) is 0 Å². The fraction of sp³-hybridized carbons (Fsp3) is 0.615. The lowest BCUT2D eigenvalue weighted by atomic mass is 9.97. The Balaban J connectivity index is 3.12. The fourth-order valence-corrected chi connectivity index (χ4v) is 4.45. The van der Waals surface area contributed by atoms with E-state index in [1.807, 2.05) is 22.7 Å². The van der Waals surface area contributed by atoms with Crippen LogP contribution in [0.4, 0.5) is 0 Å². The van der Waals surface area contributed by atoms with Crippen molar-refractivity contribution in [1.29, 1.82) is 0 Å². The minimum absolute atomic E-state index is 0.00919. The summed E-state index contributed by atoms with van der Waals surface area (Å²) in [5.74, 6) is 0.00919. The van der Waals surface area contributed by atoms with E-state index in [4.69, 9.17) is 0 Å². The van der Waals surface area contributed by atoms with E-state index >= 15 is 0 Å².